The minimum atomic E-state index is -0.419. The van der Waals surface area contributed by atoms with Gasteiger partial charge >= 0.3 is 5.97 Å². The molecule has 1 fully saturated rings. The molecular formula is C16H23NO2. The lowest BCUT2D eigenvalue weighted by Crippen LogP contribution is -2.31. The lowest BCUT2D eigenvalue weighted by atomic mass is 9.88. The fourth-order valence-corrected chi connectivity index (χ4v) is 2.47. The molecule has 1 aliphatic heterocycles. The van der Waals surface area contributed by atoms with Crippen LogP contribution < -0.4 is 5.32 Å². The van der Waals surface area contributed by atoms with Gasteiger partial charge in [0.2, 0.25) is 0 Å². The fraction of sp³-hybridized carbons (Fsp3) is 0.562. The van der Waals surface area contributed by atoms with Gasteiger partial charge in [0, 0.05) is 19.0 Å². The summed E-state index contributed by atoms with van der Waals surface area (Å²) in [4.78, 5) is 12.2. The molecule has 1 N–H and O–H groups in total. The number of aryl methyl sites for hydroxylation is 1. The molecule has 0 spiro atoms. The van der Waals surface area contributed by atoms with E-state index in [0.29, 0.717) is 6.54 Å². The van der Waals surface area contributed by atoms with Crippen LogP contribution in [0.25, 0.3) is 0 Å². The van der Waals surface area contributed by atoms with Crippen LogP contribution in [0.4, 0.5) is 0 Å². The standard InChI is InChI=1S/C16H23NO2/c1-11-5-7-12(8-6-11)13-9-17-10-14(13)15(18)19-16(2,3)4/h5-8,13-14,17H,9-10H2,1-4H3. The van der Waals surface area contributed by atoms with Gasteiger partial charge in [-0.15, -0.1) is 0 Å². The smallest absolute Gasteiger partial charge is 0.311 e. The van der Waals surface area contributed by atoms with E-state index in [-0.39, 0.29) is 17.8 Å². The van der Waals surface area contributed by atoms with Crippen LogP contribution in [0.15, 0.2) is 24.3 Å². The highest BCUT2D eigenvalue weighted by Crippen LogP contribution is 2.30. The van der Waals surface area contributed by atoms with Crippen LogP contribution >= 0.6 is 0 Å². The largest absolute Gasteiger partial charge is 0.460 e. The molecule has 3 heteroatoms. The SMILES string of the molecule is Cc1ccc(C2CNCC2C(=O)OC(C)(C)C)cc1. The van der Waals surface area contributed by atoms with Crippen molar-refractivity contribution in [3.05, 3.63) is 35.4 Å². The van der Waals surface area contributed by atoms with E-state index in [1.165, 1.54) is 11.1 Å². The van der Waals surface area contributed by atoms with Crippen LogP contribution in [-0.2, 0) is 9.53 Å². The van der Waals surface area contributed by atoms with Crippen molar-refractivity contribution in [1.29, 1.82) is 0 Å². The Morgan fingerprint density at radius 3 is 2.42 bits per heavy atom. The zero-order chi connectivity index (χ0) is 14.0. The number of carbonyl (C=O) groups excluding carboxylic acids is 1. The summed E-state index contributed by atoms with van der Waals surface area (Å²) in [6.07, 6.45) is 0. The topological polar surface area (TPSA) is 38.3 Å². The van der Waals surface area contributed by atoms with Gasteiger partial charge in [0.25, 0.3) is 0 Å². The Kier molecular flexibility index (Phi) is 3.95. The molecule has 3 nitrogen and oxygen atoms in total. The normalized spacial score (nSPS) is 23.4. The summed E-state index contributed by atoms with van der Waals surface area (Å²) in [5.74, 6) is 0.0421. The first-order valence-corrected chi connectivity index (χ1v) is 6.87. The Bertz CT molecular complexity index is 445. The van der Waals surface area contributed by atoms with Gasteiger partial charge in [-0.2, -0.15) is 0 Å². The fourth-order valence-electron chi connectivity index (χ4n) is 2.47. The summed E-state index contributed by atoms with van der Waals surface area (Å²) in [6, 6.07) is 8.42. The van der Waals surface area contributed by atoms with Crippen molar-refractivity contribution in [1.82, 2.24) is 5.32 Å². The zero-order valence-corrected chi connectivity index (χ0v) is 12.2. The maximum absolute atomic E-state index is 12.2. The highest BCUT2D eigenvalue weighted by atomic mass is 16.6. The number of hydrogen-bond acceptors (Lipinski definition) is 3. The summed E-state index contributed by atoms with van der Waals surface area (Å²) in [5, 5.41) is 3.30. The molecule has 0 aliphatic carbocycles. The maximum Gasteiger partial charge on any atom is 0.311 e. The number of esters is 1. The highest BCUT2D eigenvalue weighted by molar-refractivity contribution is 5.75. The molecule has 0 aromatic heterocycles. The molecule has 2 atom stereocenters. The van der Waals surface area contributed by atoms with Crippen molar-refractivity contribution >= 4 is 5.97 Å². The molecule has 1 aromatic rings. The summed E-state index contributed by atoms with van der Waals surface area (Å²) in [7, 11) is 0. The number of nitrogens with one attached hydrogen (secondary N) is 1. The van der Waals surface area contributed by atoms with E-state index < -0.39 is 5.60 Å². The quantitative estimate of drug-likeness (QED) is 0.832. The predicted molar refractivity (Wildman–Crippen MR) is 76.1 cm³/mol. The van der Waals surface area contributed by atoms with Gasteiger partial charge in [0.15, 0.2) is 0 Å². The van der Waals surface area contributed by atoms with Gasteiger partial charge in [0.05, 0.1) is 5.92 Å². The zero-order valence-electron chi connectivity index (χ0n) is 12.2. The van der Waals surface area contributed by atoms with Gasteiger partial charge in [0.1, 0.15) is 5.60 Å². The first-order valence-electron chi connectivity index (χ1n) is 6.87. The number of ether oxygens (including phenoxy) is 1. The van der Waals surface area contributed by atoms with Gasteiger partial charge < -0.3 is 10.1 Å². The summed E-state index contributed by atoms with van der Waals surface area (Å²) in [5.41, 5.74) is 2.03. The Balaban J connectivity index is 2.12. The van der Waals surface area contributed by atoms with E-state index in [2.05, 4.69) is 36.5 Å². The molecule has 1 aliphatic rings. The van der Waals surface area contributed by atoms with Gasteiger partial charge in [-0.25, -0.2) is 0 Å². The van der Waals surface area contributed by atoms with Crippen molar-refractivity contribution in [2.24, 2.45) is 5.92 Å². The van der Waals surface area contributed by atoms with Crippen LogP contribution in [0.5, 0.6) is 0 Å². The molecule has 2 rings (SSSR count). The molecule has 0 radical (unpaired) electrons. The first-order chi connectivity index (χ1) is 8.87. The molecular weight excluding hydrogens is 238 g/mol. The Labute approximate surface area is 115 Å². The van der Waals surface area contributed by atoms with E-state index in [1.54, 1.807) is 0 Å². The van der Waals surface area contributed by atoms with E-state index in [0.717, 1.165) is 6.54 Å². The third-order valence-corrected chi connectivity index (χ3v) is 3.43. The Hall–Kier alpha value is -1.35. The van der Waals surface area contributed by atoms with E-state index in [1.807, 2.05) is 20.8 Å². The van der Waals surface area contributed by atoms with Crippen molar-refractivity contribution in [3.8, 4) is 0 Å². The predicted octanol–water partition coefficient (Wildman–Crippen LogP) is 2.64. The second kappa shape index (κ2) is 5.33. The Morgan fingerprint density at radius 1 is 1.21 bits per heavy atom. The number of benzene rings is 1. The van der Waals surface area contributed by atoms with Crippen molar-refractivity contribution < 1.29 is 9.53 Å². The van der Waals surface area contributed by atoms with Crippen LogP contribution in [0.3, 0.4) is 0 Å². The Morgan fingerprint density at radius 2 is 1.84 bits per heavy atom. The van der Waals surface area contributed by atoms with Crippen LogP contribution in [0, 0.1) is 12.8 Å². The average molecular weight is 261 g/mol. The van der Waals surface area contributed by atoms with Crippen molar-refractivity contribution in [2.75, 3.05) is 13.1 Å². The molecule has 0 bridgehead atoms. The summed E-state index contributed by atoms with van der Waals surface area (Å²) in [6.45, 7) is 9.35. The number of rotatable bonds is 2. The third kappa shape index (κ3) is 3.57. The second-order valence-corrected chi connectivity index (χ2v) is 6.32. The molecule has 19 heavy (non-hydrogen) atoms. The monoisotopic (exact) mass is 261 g/mol. The molecule has 2 unspecified atom stereocenters. The minimum Gasteiger partial charge on any atom is -0.460 e. The van der Waals surface area contributed by atoms with Crippen LogP contribution in [0.2, 0.25) is 0 Å². The first kappa shape index (κ1) is 14.1. The molecule has 0 amide bonds. The molecule has 104 valence electrons. The second-order valence-electron chi connectivity index (χ2n) is 6.32. The van der Waals surface area contributed by atoms with Gasteiger partial charge in [-0.3, -0.25) is 4.79 Å². The van der Waals surface area contributed by atoms with Crippen LogP contribution in [-0.4, -0.2) is 24.7 Å². The average Bonchev–Trinajstić information content (AvgIpc) is 2.76. The lowest BCUT2D eigenvalue weighted by Gasteiger charge is -2.24. The summed E-state index contributed by atoms with van der Waals surface area (Å²) >= 11 is 0. The number of hydrogen-bond donors (Lipinski definition) is 1. The minimum absolute atomic E-state index is 0.0815. The number of carbonyl (C=O) groups is 1. The molecule has 1 heterocycles. The third-order valence-electron chi connectivity index (χ3n) is 3.43. The maximum atomic E-state index is 12.2. The van der Waals surface area contributed by atoms with Crippen LogP contribution in [0.1, 0.15) is 37.8 Å². The summed E-state index contributed by atoms with van der Waals surface area (Å²) < 4.78 is 5.52. The molecule has 0 saturated carbocycles. The van der Waals surface area contributed by atoms with E-state index in [4.69, 9.17) is 4.74 Å². The highest BCUT2D eigenvalue weighted by Gasteiger charge is 2.36. The van der Waals surface area contributed by atoms with Gasteiger partial charge in [-0.05, 0) is 33.3 Å². The molecule has 1 saturated heterocycles. The van der Waals surface area contributed by atoms with E-state index >= 15 is 0 Å². The van der Waals surface area contributed by atoms with Gasteiger partial charge in [-0.1, -0.05) is 29.8 Å². The molecule has 1 aromatic carbocycles. The van der Waals surface area contributed by atoms with E-state index in [9.17, 15) is 4.79 Å². The van der Waals surface area contributed by atoms with Crippen molar-refractivity contribution in [3.63, 3.8) is 0 Å². The van der Waals surface area contributed by atoms with Crippen molar-refractivity contribution in [2.45, 2.75) is 39.2 Å². The lowest BCUT2D eigenvalue weighted by molar-refractivity contribution is -0.159.